The van der Waals surface area contributed by atoms with Crippen LogP contribution in [0.1, 0.15) is 31.7 Å². The van der Waals surface area contributed by atoms with Crippen molar-refractivity contribution in [2.45, 2.75) is 38.3 Å². The lowest BCUT2D eigenvalue weighted by Gasteiger charge is -2.12. The molecule has 0 spiro atoms. The molecule has 1 fully saturated rings. The summed E-state index contributed by atoms with van der Waals surface area (Å²) < 4.78 is 1.96. The summed E-state index contributed by atoms with van der Waals surface area (Å²) in [6.07, 6.45) is 5.37. The van der Waals surface area contributed by atoms with Gasteiger partial charge in [-0.2, -0.15) is 5.10 Å². The first-order chi connectivity index (χ1) is 8.74. The molecule has 3 atom stereocenters. The highest BCUT2D eigenvalue weighted by Gasteiger charge is 2.29. The SMILES string of the molecule is CC1CC(c2cnn(-c3ccccc3)c2)C(C)N1. The van der Waals surface area contributed by atoms with Crippen LogP contribution in [0, 0.1) is 0 Å². The Morgan fingerprint density at radius 1 is 1.22 bits per heavy atom. The van der Waals surface area contributed by atoms with Crippen molar-refractivity contribution in [1.82, 2.24) is 15.1 Å². The van der Waals surface area contributed by atoms with E-state index in [2.05, 4.69) is 42.6 Å². The van der Waals surface area contributed by atoms with Crippen molar-refractivity contribution < 1.29 is 0 Å². The van der Waals surface area contributed by atoms with E-state index in [1.807, 2.05) is 29.1 Å². The Morgan fingerprint density at radius 3 is 2.67 bits per heavy atom. The highest BCUT2D eigenvalue weighted by Crippen LogP contribution is 2.30. The van der Waals surface area contributed by atoms with Gasteiger partial charge in [0.1, 0.15) is 0 Å². The third-order valence-electron chi connectivity index (χ3n) is 3.81. The number of nitrogens with one attached hydrogen (secondary N) is 1. The number of aromatic nitrogens is 2. The van der Waals surface area contributed by atoms with Crippen LogP contribution in [0.3, 0.4) is 0 Å². The van der Waals surface area contributed by atoms with Crippen LogP contribution in [-0.2, 0) is 0 Å². The average Bonchev–Trinajstić information content (AvgIpc) is 2.97. The van der Waals surface area contributed by atoms with Gasteiger partial charge in [0.2, 0.25) is 0 Å². The first kappa shape index (κ1) is 11.5. The van der Waals surface area contributed by atoms with E-state index in [0.29, 0.717) is 18.0 Å². The van der Waals surface area contributed by atoms with Crippen molar-refractivity contribution in [3.63, 3.8) is 0 Å². The van der Waals surface area contributed by atoms with Crippen molar-refractivity contribution in [3.05, 3.63) is 48.3 Å². The molecule has 3 rings (SSSR count). The van der Waals surface area contributed by atoms with E-state index >= 15 is 0 Å². The normalized spacial score (nSPS) is 27.6. The zero-order valence-corrected chi connectivity index (χ0v) is 10.9. The number of benzene rings is 1. The van der Waals surface area contributed by atoms with Gasteiger partial charge in [0.05, 0.1) is 11.9 Å². The fourth-order valence-corrected chi connectivity index (χ4v) is 2.89. The van der Waals surface area contributed by atoms with Gasteiger partial charge in [0, 0.05) is 24.2 Å². The van der Waals surface area contributed by atoms with Gasteiger partial charge < -0.3 is 5.32 Å². The number of hydrogen-bond acceptors (Lipinski definition) is 2. The second kappa shape index (κ2) is 4.58. The van der Waals surface area contributed by atoms with Crippen LogP contribution >= 0.6 is 0 Å². The van der Waals surface area contributed by atoms with Crippen molar-refractivity contribution in [2.24, 2.45) is 0 Å². The lowest BCUT2D eigenvalue weighted by Crippen LogP contribution is -2.26. The van der Waals surface area contributed by atoms with Crippen LogP contribution in [0.4, 0.5) is 0 Å². The number of hydrogen-bond donors (Lipinski definition) is 1. The van der Waals surface area contributed by atoms with Gasteiger partial charge in [-0.3, -0.25) is 0 Å². The first-order valence-corrected chi connectivity index (χ1v) is 6.60. The topological polar surface area (TPSA) is 29.9 Å². The summed E-state index contributed by atoms with van der Waals surface area (Å²) in [5.74, 6) is 0.581. The average molecular weight is 241 g/mol. The molecule has 3 heteroatoms. The van der Waals surface area contributed by atoms with E-state index in [4.69, 9.17) is 0 Å². The largest absolute Gasteiger partial charge is 0.311 e. The molecule has 1 aromatic carbocycles. The maximum atomic E-state index is 4.48. The van der Waals surface area contributed by atoms with Crippen LogP contribution in [0.15, 0.2) is 42.7 Å². The van der Waals surface area contributed by atoms with Gasteiger partial charge in [-0.25, -0.2) is 4.68 Å². The van der Waals surface area contributed by atoms with Crippen LogP contribution in [0.2, 0.25) is 0 Å². The van der Waals surface area contributed by atoms with Gasteiger partial charge in [-0.05, 0) is 38.0 Å². The molecule has 18 heavy (non-hydrogen) atoms. The van der Waals surface area contributed by atoms with Gasteiger partial charge in [0.25, 0.3) is 0 Å². The summed E-state index contributed by atoms with van der Waals surface area (Å²) in [7, 11) is 0. The number of nitrogens with zero attached hydrogens (tertiary/aromatic N) is 2. The molecule has 0 saturated carbocycles. The molecule has 3 nitrogen and oxygen atoms in total. The molecule has 1 saturated heterocycles. The molecule has 0 amide bonds. The van der Waals surface area contributed by atoms with Gasteiger partial charge in [-0.1, -0.05) is 18.2 Å². The Balaban J connectivity index is 1.86. The first-order valence-electron chi connectivity index (χ1n) is 6.60. The summed E-state index contributed by atoms with van der Waals surface area (Å²) in [5.41, 5.74) is 2.46. The van der Waals surface area contributed by atoms with Gasteiger partial charge in [-0.15, -0.1) is 0 Å². The predicted octanol–water partition coefficient (Wildman–Crippen LogP) is 2.73. The van der Waals surface area contributed by atoms with E-state index in [1.54, 1.807) is 0 Å². The Labute approximate surface area is 108 Å². The summed E-state index contributed by atoms with van der Waals surface area (Å²) >= 11 is 0. The highest BCUT2D eigenvalue weighted by atomic mass is 15.3. The molecular weight excluding hydrogens is 222 g/mol. The lowest BCUT2D eigenvalue weighted by atomic mass is 9.94. The van der Waals surface area contributed by atoms with E-state index in [0.717, 1.165) is 5.69 Å². The minimum Gasteiger partial charge on any atom is -0.311 e. The number of para-hydroxylation sites is 1. The molecule has 3 unspecified atom stereocenters. The fraction of sp³-hybridized carbons (Fsp3) is 0.400. The Hall–Kier alpha value is -1.61. The van der Waals surface area contributed by atoms with Crippen molar-refractivity contribution in [3.8, 4) is 5.69 Å². The Morgan fingerprint density at radius 2 is 2.00 bits per heavy atom. The standard InChI is InChI=1S/C15H19N3/c1-11-8-15(12(2)17-11)13-9-16-18(10-13)14-6-4-3-5-7-14/h3-7,9-12,15,17H,8H2,1-2H3. The van der Waals surface area contributed by atoms with Gasteiger partial charge >= 0.3 is 0 Å². The molecule has 0 bridgehead atoms. The van der Waals surface area contributed by atoms with Gasteiger partial charge in [0.15, 0.2) is 0 Å². The monoisotopic (exact) mass is 241 g/mol. The smallest absolute Gasteiger partial charge is 0.0645 e. The molecule has 1 N–H and O–H groups in total. The van der Waals surface area contributed by atoms with Crippen LogP contribution in [0.25, 0.3) is 5.69 Å². The molecular formula is C15H19N3. The zero-order valence-electron chi connectivity index (χ0n) is 10.9. The lowest BCUT2D eigenvalue weighted by molar-refractivity contribution is 0.575. The Bertz CT molecular complexity index is 518. The third-order valence-corrected chi connectivity index (χ3v) is 3.81. The maximum absolute atomic E-state index is 4.48. The summed E-state index contributed by atoms with van der Waals surface area (Å²) in [6, 6.07) is 11.4. The molecule has 94 valence electrons. The summed E-state index contributed by atoms with van der Waals surface area (Å²) in [5, 5.41) is 8.06. The molecule has 1 aromatic heterocycles. The minimum absolute atomic E-state index is 0.536. The minimum atomic E-state index is 0.536. The van der Waals surface area contributed by atoms with E-state index < -0.39 is 0 Å². The van der Waals surface area contributed by atoms with Crippen molar-refractivity contribution in [1.29, 1.82) is 0 Å². The van der Waals surface area contributed by atoms with E-state index in [-0.39, 0.29) is 0 Å². The van der Waals surface area contributed by atoms with Crippen LogP contribution < -0.4 is 5.32 Å². The zero-order chi connectivity index (χ0) is 12.5. The molecule has 0 radical (unpaired) electrons. The summed E-state index contributed by atoms with van der Waals surface area (Å²) in [4.78, 5) is 0. The molecule has 0 aliphatic carbocycles. The molecule has 2 aromatic rings. The van der Waals surface area contributed by atoms with Crippen molar-refractivity contribution >= 4 is 0 Å². The Kier molecular flexibility index (Phi) is 2.92. The van der Waals surface area contributed by atoms with E-state index in [1.165, 1.54) is 12.0 Å². The second-order valence-corrected chi connectivity index (χ2v) is 5.25. The summed E-state index contributed by atoms with van der Waals surface area (Å²) in [6.45, 7) is 4.51. The highest BCUT2D eigenvalue weighted by molar-refractivity contribution is 5.32. The molecule has 1 aliphatic rings. The quantitative estimate of drug-likeness (QED) is 0.876. The third kappa shape index (κ3) is 2.06. The molecule has 2 heterocycles. The second-order valence-electron chi connectivity index (χ2n) is 5.25. The van der Waals surface area contributed by atoms with Crippen molar-refractivity contribution in [2.75, 3.05) is 0 Å². The fourth-order valence-electron chi connectivity index (χ4n) is 2.89. The number of rotatable bonds is 2. The van der Waals surface area contributed by atoms with E-state index in [9.17, 15) is 0 Å². The van der Waals surface area contributed by atoms with Crippen LogP contribution in [0.5, 0.6) is 0 Å². The maximum Gasteiger partial charge on any atom is 0.0645 e. The predicted molar refractivity (Wildman–Crippen MR) is 73.0 cm³/mol. The van der Waals surface area contributed by atoms with Crippen LogP contribution in [-0.4, -0.2) is 21.9 Å². The molecule has 1 aliphatic heterocycles.